The predicted molar refractivity (Wildman–Crippen MR) is 40.5 cm³/mol. The third-order valence-electron chi connectivity index (χ3n) is 1.71. The summed E-state index contributed by atoms with van der Waals surface area (Å²) < 4.78 is 0. The van der Waals surface area contributed by atoms with Crippen molar-refractivity contribution in [3.8, 4) is 0 Å². The van der Waals surface area contributed by atoms with Crippen LogP contribution in [0.3, 0.4) is 0 Å². The lowest BCUT2D eigenvalue weighted by atomic mass is 9.89. The predicted octanol–water partition coefficient (Wildman–Crippen LogP) is 0.514. The van der Waals surface area contributed by atoms with E-state index in [-0.39, 0.29) is 0 Å². The minimum absolute atomic E-state index is 0.938. The van der Waals surface area contributed by atoms with Gasteiger partial charge in [-0.05, 0) is 0 Å². The van der Waals surface area contributed by atoms with Gasteiger partial charge in [0.1, 0.15) is 0 Å². The van der Waals surface area contributed by atoms with Gasteiger partial charge in [-0.15, -0.1) is 0 Å². The molecule has 0 fully saturated rings. The summed E-state index contributed by atoms with van der Waals surface area (Å²) in [6.45, 7) is 0. The first-order valence-electron chi connectivity index (χ1n) is 3.43. The van der Waals surface area contributed by atoms with Gasteiger partial charge in [0, 0.05) is 0 Å². The zero-order valence-corrected chi connectivity index (χ0v) is 6.18. The molecule has 64 valence electrons. The van der Waals surface area contributed by atoms with Gasteiger partial charge in [0.15, 0.2) is 0 Å². The molecular formula is C8H8O4. The molecule has 0 radical (unpaired) electrons. The van der Waals surface area contributed by atoms with Crippen LogP contribution in [0.5, 0.6) is 0 Å². The first-order chi connectivity index (χ1) is 5.63. The summed E-state index contributed by atoms with van der Waals surface area (Å²) in [5.41, 5.74) is 0. The molecule has 0 aromatic heterocycles. The Bertz CT molecular complexity index is 236. The van der Waals surface area contributed by atoms with E-state index in [0.717, 1.165) is 0 Å². The van der Waals surface area contributed by atoms with E-state index in [9.17, 15) is 9.59 Å². The Labute approximate surface area is 68.8 Å². The summed E-state index contributed by atoms with van der Waals surface area (Å²) in [5, 5.41) is 17.2. The highest BCUT2D eigenvalue weighted by Gasteiger charge is 2.30. The fourth-order valence-corrected chi connectivity index (χ4v) is 1.08. The van der Waals surface area contributed by atoms with E-state index >= 15 is 0 Å². The quantitative estimate of drug-likeness (QED) is 0.630. The Kier molecular flexibility index (Phi) is 2.28. The lowest BCUT2D eigenvalue weighted by Gasteiger charge is -2.15. The highest BCUT2D eigenvalue weighted by molar-refractivity contribution is 5.83. The van der Waals surface area contributed by atoms with Gasteiger partial charge in [0.05, 0.1) is 11.8 Å². The van der Waals surface area contributed by atoms with Crippen molar-refractivity contribution in [3.05, 3.63) is 24.3 Å². The second-order valence-electron chi connectivity index (χ2n) is 2.50. The van der Waals surface area contributed by atoms with Crippen LogP contribution in [0.15, 0.2) is 24.3 Å². The minimum atomic E-state index is -1.11. The average molecular weight is 168 g/mol. The Morgan fingerprint density at radius 1 is 0.917 bits per heavy atom. The molecule has 0 unspecified atom stereocenters. The molecule has 0 saturated carbocycles. The normalized spacial score (nSPS) is 27.0. The maximum absolute atomic E-state index is 10.5. The molecule has 2 atom stereocenters. The third-order valence-corrected chi connectivity index (χ3v) is 1.71. The lowest BCUT2D eigenvalue weighted by Crippen LogP contribution is -2.27. The highest BCUT2D eigenvalue weighted by Crippen LogP contribution is 2.19. The van der Waals surface area contributed by atoms with Gasteiger partial charge in [-0.25, -0.2) is 0 Å². The van der Waals surface area contributed by atoms with Crippen molar-refractivity contribution in [1.82, 2.24) is 0 Å². The number of carboxylic acids is 2. The molecule has 2 N–H and O–H groups in total. The van der Waals surface area contributed by atoms with Gasteiger partial charge in [-0.2, -0.15) is 0 Å². The molecule has 1 aliphatic carbocycles. The molecule has 1 aliphatic rings. The monoisotopic (exact) mass is 168 g/mol. The van der Waals surface area contributed by atoms with E-state index in [1.165, 1.54) is 24.3 Å². The molecule has 4 heteroatoms. The van der Waals surface area contributed by atoms with E-state index in [2.05, 4.69) is 0 Å². The molecule has 12 heavy (non-hydrogen) atoms. The van der Waals surface area contributed by atoms with Gasteiger partial charge in [0.2, 0.25) is 0 Å². The van der Waals surface area contributed by atoms with Gasteiger partial charge < -0.3 is 10.2 Å². The SMILES string of the molecule is O=C(O)[C@H]1C=CC=C[C@@H]1C(=O)O. The van der Waals surface area contributed by atoms with Gasteiger partial charge in [0.25, 0.3) is 0 Å². The smallest absolute Gasteiger partial charge is 0.311 e. The number of rotatable bonds is 2. The molecular weight excluding hydrogens is 160 g/mol. The number of aliphatic carboxylic acids is 2. The molecule has 0 aromatic rings. The van der Waals surface area contributed by atoms with Crippen LogP contribution in [0, 0.1) is 11.8 Å². The Balaban J connectivity index is 2.85. The van der Waals surface area contributed by atoms with Crippen LogP contribution >= 0.6 is 0 Å². The first-order valence-corrected chi connectivity index (χ1v) is 3.43. The van der Waals surface area contributed by atoms with Gasteiger partial charge in [-0.3, -0.25) is 9.59 Å². The van der Waals surface area contributed by atoms with Gasteiger partial charge >= 0.3 is 11.9 Å². The Morgan fingerprint density at radius 3 is 1.50 bits per heavy atom. The zero-order valence-electron chi connectivity index (χ0n) is 6.18. The number of carboxylic acid groups (broad SMARTS) is 2. The summed E-state index contributed by atoms with van der Waals surface area (Å²) >= 11 is 0. The van der Waals surface area contributed by atoms with Crippen molar-refractivity contribution in [3.63, 3.8) is 0 Å². The lowest BCUT2D eigenvalue weighted by molar-refractivity contribution is -0.149. The number of hydrogen-bond acceptors (Lipinski definition) is 2. The molecule has 0 aliphatic heterocycles. The first kappa shape index (κ1) is 8.52. The standard InChI is InChI=1S/C8H8O4/c9-7(10)5-3-1-2-4-6(5)8(11)12/h1-6H,(H,9,10)(H,11,12)/t5-,6-/m0/s1. The van der Waals surface area contributed by atoms with Crippen molar-refractivity contribution in [2.75, 3.05) is 0 Å². The minimum Gasteiger partial charge on any atom is -0.481 e. The van der Waals surface area contributed by atoms with Crippen molar-refractivity contribution < 1.29 is 19.8 Å². The molecule has 0 aromatic carbocycles. The van der Waals surface area contributed by atoms with E-state index in [0.29, 0.717) is 0 Å². The van der Waals surface area contributed by atoms with Crippen LogP contribution in [0.25, 0.3) is 0 Å². The van der Waals surface area contributed by atoms with Crippen LogP contribution < -0.4 is 0 Å². The summed E-state index contributed by atoms with van der Waals surface area (Å²) in [6.07, 6.45) is 5.83. The maximum atomic E-state index is 10.5. The van der Waals surface area contributed by atoms with Crippen molar-refractivity contribution >= 4 is 11.9 Å². The molecule has 4 nitrogen and oxygen atoms in total. The Hall–Kier alpha value is -1.58. The summed E-state index contributed by atoms with van der Waals surface area (Å²) in [7, 11) is 0. The van der Waals surface area contributed by atoms with Crippen LogP contribution in [-0.4, -0.2) is 22.2 Å². The fourth-order valence-electron chi connectivity index (χ4n) is 1.08. The molecule has 0 heterocycles. The van der Waals surface area contributed by atoms with E-state index in [1.807, 2.05) is 0 Å². The van der Waals surface area contributed by atoms with Crippen molar-refractivity contribution in [1.29, 1.82) is 0 Å². The molecule has 0 amide bonds. The van der Waals surface area contributed by atoms with Crippen LogP contribution in [0.4, 0.5) is 0 Å². The topological polar surface area (TPSA) is 74.6 Å². The van der Waals surface area contributed by atoms with Gasteiger partial charge in [-0.1, -0.05) is 24.3 Å². The summed E-state index contributed by atoms with van der Waals surface area (Å²) in [6, 6.07) is 0. The molecule has 0 spiro atoms. The van der Waals surface area contributed by atoms with Crippen LogP contribution in [0.2, 0.25) is 0 Å². The average Bonchev–Trinajstić information content (AvgIpc) is 2.04. The fraction of sp³-hybridized carbons (Fsp3) is 0.250. The van der Waals surface area contributed by atoms with Crippen LogP contribution in [0.1, 0.15) is 0 Å². The highest BCUT2D eigenvalue weighted by atomic mass is 16.4. The third kappa shape index (κ3) is 1.53. The summed E-state index contributed by atoms with van der Waals surface area (Å²) in [5.74, 6) is -4.09. The zero-order chi connectivity index (χ0) is 9.14. The van der Waals surface area contributed by atoms with Crippen LogP contribution in [-0.2, 0) is 9.59 Å². The number of allylic oxidation sites excluding steroid dienone is 2. The van der Waals surface area contributed by atoms with E-state index < -0.39 is 23.8 Å². The largest absolute Gasteiger partial charge is 0.481 e. The second kappa shape index (κ2) is 3.21. The second-order valence-corrected chi connectivity index (χ2v) is 2.50. The summed E-state index contributed by atoms with van der Waals surface area (Å²) in [4.78, 5) is 21.0. The van der Waals surface area contributed by atoms with E-state index in [4.69, 9.17) is 10.2 Å². The molecule has 0 bridgehead atoms. The maximum Gasteiger partial charge on any atom is 0.311 e. The number of hydrogen-bond donors (Lipinski definition) is 2. The Morgan fingerprint density at radius 2 is 1.25 bits per heavy atom. The van der Waals surface area contributed by atoms with Crippen molar-refractivity contribution in [2.45, 2.75) is 0 Å². The number of carbonyl (C=O) groups is 2. The van der Waals surface area contributed by atoms with Crippen molar-refractivity contribution in [2.24, 2.45) is 11.8 Å². The van der Waals surface area contributed by atoms with E-state index in [1.54, 1.807) is 0 Å². The molecule has 1 rings (SSSR count). The molecule has 0 saturated heterocycles.